The highest BCUT2D eigenvalue weighted by Gasteiger charge is 2.41. The zero-order chi connectivity index (χ0) is 17.9. The van der Waals surface area contributed by atoms with E-state index in [9.17, 15) is 9.59 Å². The van der Waals surface area contributed by atoms with E-state index in [0.717, 1.165) is 32.5 Å². The maximum absolute atomic E-state index is 12.6. The first kappa shape index (κ1) is 18.6. The summed E-state index contributed by atoms with van der Waals surface area (Å²) < 4.78 is 6.20. The van der Waals surface area contributed by atoms with Gasteiger partial charge in [-0.15, -0.1) is 0 Å². The fourth-order valence-corrected chi connectivity index (χ4v) is 4.64. The van der Waals surface area contributed by atoms with Crippen molar-refractivity contribution in [1.29, 1.82) is 0 Å². The summed E-state index contributed by atoms with van der Waals surface area (Å²) in [5, 5.41) is 0. The fraction of sp³-hybridized carbons (Fsp3) is 0.895. The predicted molar refractivity (Wildman–Crippen MR) is 95.9 cm³/mol. The van der Waals surface area contributed by atoms with Crippen LogP contribution in [0.3, 0.4) is 0 Å². The lowest BCUT2D eigenvalue weighted by Gasteiger charge is -2.44. The molecule has 3 fully saturated rings. The van der Waals surface area contributed by atoms with E-state index in [1.165, 1.54) is 32.1 Å². The number of likely N-dealkylation sites (tertiary alicyclic amines) is 1. The molecule has 0 aromatic rings. The smallest absolute Gasteiger partial charge is 0.234 e. The molecule has 2 amide bonds. The van der Waals surface area contributed by atoms with Gasteiger partial charge in [-0.3, -0.25) is 14.5 Å². The van der Waals surface area contributed by atoms with Crippen molar-refractivity contribution in [2.75, 3.05) is 32.8 Å². The van der Waals surface area contributed by atoms with E-state index in [1.54, 1.807) is 0 Å². The molecular formula is C19H33N3O3. The van der Waals surface area contributed by atoms with Gasteiger partial charge >= 0.3 is 0 Å². The summed E-state index contributed by atoms with van der Waals surface area (Å²) in [7, 11) is 0. The molecule has 1 spiro atoms. The van der Waals surface area contributed by atoms with Crippen LogP contribution >= 0.6 is 0 Å². The predicted octanol–water partition coefficient (Wildman–Crippen LogP) is 1.52. The van der Waals surface area contributed by atoms with Crippen LogP contribution in [0.25, 0.3) is 0 Å². The van der Waals surface area contributed by atoms with Crippen LogP contribution < -0.4 is 5.73 Å². The molecule has 0 aromatic carbocycles. The minimum Gasteiger partial charge on any atom is -0.373 e. The third kappa shape index (κ3) is 4.53. The summed E-state index contributed by atoms with van der Waals surface area (Å²) in [4.78, 5) is 28.2. The van der Waals surface area contributed by atoms with E-state index in [0.29, 0.717) is 25.5 Å². The Kier molecular flexibility index (Phi) is 6.00. The summed E-state index contributed by atoms with van der Waals surface area (Å²) in [6.45, 7) is 5.59. The molecule has 1 unspecified atom stereocenters. The molecule has 0 bridgehead atoms. The number of nitrogens with two attached hydrogens (primary N) is 1. The van der Waals surface area contributed by atoms with Crippen molar-refractivity contribution in [2.24, 2.45) is 11.7 Å². The Labute approximate surface area is 151 Å². The maximum atomic E-state index is 12.6. The van der Waals surface area contributed by atoms with Gasteiger partial charge in [-0.2, -0.15) is 0 Å². The average molecular weight is 351 g/mol. The van der Waals surface area contributed by atoms with Gasteiger partial charge in [0.2, 0.25) is 11.8 Å². The van der Waals surface area contributed by atoms with Crippen LogP contribution in [0.15, 0.2) is 0 Å². The molecule has 3 rings (SSSR count). The molecule has 1 atom stereocenters. The van der Waals surface area contributed by atoms with Crippen LogP contribution in [0.4, 0.5) is 0 Å². The molecule has 6 heteroatoms. The van der Waals surface area contributed by atoms with Crippen molar-refractivity contribution in [3.8, 4) is 0 Å². The molecule has 1 saturated carbocycles. The molecule has 0 radical (unpaired) electrons. The molecular weight excluding hydrogens is 318 g/mol. The first-order valence-corrected chi connectivity index (χ1v) is 9.94. The van der Waals surface area contributed by atoms with Crippen molar-refractivity contribution in [3.63, 3.8) is 0 Å². The minimum atomic E-state index is -0.271. The van der Waals surface area contributed by atoms with Crippen LogP contribution in [0.1, 0.15) is 58.3 Å². The monoisotopic (exact) mass is 351 g/mol. The maximum Gasteiger partial charge on any atom is 0.234 e. The summed E-state index contributed by atoms with van der Waals surface area (Å²) in [6, 6.07) is -0.233. The van der Waals surface area contributed by atoms with Gasteiger partial charge in [0.1, 0.15) is 0 Å². The number of rotatable bonds is 4. The van der Waals surface area contributed by atoms with E-state index >= 15 is 0 Å². The SMILES string of the molecule is CC(C(N)=O)N1CCC2(CC1)CN(CC1CCCCC1)C(=O)CCO2. The number of piperidine rings is 1. The Morgan fingerprint density at radius 2 is 1.96 bits per heavy atom. The number of amides is 2. The molecule has 142 valence electrons. The van der Waals surface area contributed by atoms with E-state index in [-0.39, 0.29) is 23.5 Å². The Morgan fingerprint density at radius 3 is 2.60 bits per heavy atom. The van der Waals surface area contributed by atoms with Crippen molar-refractivity contribution in [3.05, 3.63) is 0 Å². The number of hydrogen-bond acceptors (Lipinski definition) is 4. The van der Waals surface area contributed by atoms with Crippen LogP contribution in [-0.4, -0.2) is 66.0 Å². The van der Waals surface area contributed by atoms with Crippen molar-refractivity contribution < 1.29 is 14.3 Å². The lowest BCUT2D eigenvalue weighted by atomic mass is 9.87. The number of hydrogen-bond donors (Lipinski definition) is 1. The number of ether oxygens (including phenoxy) is 1. The Bertz CT molecular complexity index is 482. The van der Waals surface area contributed by atoms with Gasteiger partial charge in [-0.05, 0) is 38.5 Å². The van der Waals surface area contributed by atoms with Crippen LogP contribution in [0.2, 0.25) is 0 Å². The molecule has 2 aliphatic heterocycles. The van der Waals surface area contributed by atoms with Crippen molar-refractivity contribution >= 4 is 11.8 Å². The van der Waals surface area contributed by atoms with E-state index in [4.69, 9.17) is 10.5 Å². The Balaban J connectivity index is 1.61. The quantitative estimate of drug-likeness (QED) is 0.833. The highest BCUT2D eigenvalue weighted by Crippen LogP contribution is 2.32. The number of nitrogens with zero attached hydrogens (tertiary/aromatic N) is 2. The van der Waals surface area contributed by atoms with Crippen molar-refractivity contribution in [2.45, 2.75) is 69.9 Å². The molecule has 25 heavy (non-hydrogen) atoms. The van der Waals surface area contributed by atoms with E-state index in [2.05, 4.69) is 9.80 Å². The molecule has 3 aliphatic rings. The summed E-state index contributed by atoms with van der Waals surface area (Å²) >= 11 is 0. The van der Waals surface area contributed by atoms with Crippen LogP contribution in [-0.2, 0) is 14.3 Å². The first-order chi connectivity index (χ1) is 12.0. The second-order valence-electron chi connectivity index (χ2n) is 8.17. The molecule has 0 aromatic heterocycles. The third-order valence-corrected chi connectivity index (χ3v) is 6.43. The van der Waals surface area contributed by atoms with Gasteiger partial charge in [0.25, 0.3) is 0 Å². The largest absolute Gasteiger partial charge is 0.373 e. The van der Waals surface area contributed by atoms with E-state index < -0.39 is 0 Å². The number of primary amides is 1. The lowest BCUT2D eigenvalue weighted by Crippen LogP contribution is -2.55. The summed E-state index contributed by atoms with van der Waals surface area (Å²) in [5.41, 5.74) is 5.20. The van der Waals surface area contributed by atoms with Gasteiger partial charge in [0.05, 0.1) is 24.7 Å². The van der Waals surface area contributed by atoms with Gasteiger partial charge in [0.15, 0.2) is 0 Å². The highest BCUT2D eigenvalue weighted by atomic mass is 16.5. The Hall–Kier alpha value is -1.14. The topological polar surface area (TPSA) is 75.9 Å². The number of carbonyl (C=O) groups excluding carboxylic acids is 2. The average Bonchev–Trinajstić information content (AvgIpc) is 2.75. The number of carbonyl (C=O) groups is 2. The normalized spacial score (nSPS) is 27.2. The lowest BCUT2D eigenvalue weighted by molar-refractivity contribution is -0.133. The molecule has 6 nitrogen and oxygen atoms in total. The van der Waals surface area contributed by atoms with E-state index in [1.807, 2.05) is 6.92 Å². The minimum absolute atomic E-state index is 0.233. The summed E-state index contributed by atoms with van der Waals surface area (Å²) in [6.07, 6.45) is 8.66. The molecule has 1 aliphatic carbocycles. The molecule has 2 heterocycles. The Morgan fingerprint density at radius 1 is 1.28 bits per heavy atom. The highest BCUT2D eigenvalue weighted by molar-refractivity contribution is 5.79. The first-order valence-electron chi connectivity index (χ1n) is 9.94. The second-order valence-corrected chi connectivity index (χ2v) is 8.17. The second kappa shape index (κ2) is 8.04. The fourth-order valence-electron chi connectivity index (χ4n) is 4.64. The molecule has 2 saturated heterocycles. The zero-order valence-electron chi connectivity index (χ0n) is 15.5. The van der Waals surface area contributed by atoms with Gasteiger partial charge < -0.3 is 15.4 Å². The van der Waals surface area contributed by atoms with Gasteiger partial charge in [-0.25, -0.2) is 0 Å². The van der Waals surface area contributed by atoms with Crippen LogP contribution in [0.5, 0.6) is 0 Å². The summed E-state index contributed by atoms with van der Waals surface area (Å²) in [5.74, 6) is 0.630. The van der Waals surface area contributed by atoms with Crippen molar-refractivity contribution in [1.82, 2.24) is 9.80 Å². The van der Waals surface area contributed by atoms with Gasteiger partial charge in [0, 0.05) is 26.2 Å². The van der Waals surface area contributed by atoms with Crippen LogP contribution in [0, 0.1) is 5.92 Å². The zero-order valence-corrected chi connectivity index (χ0v) is 15.5. The standard InChI is InChI=1S/C19H33N3O3/c1-15(18(20)24)21-10-8-19(9-11-21)14-22(17(23)7-12-25-19)13-16-5-3-2-4-6-16/h15-16H,2-14H2,1H3,(H2,20,24). The molecule has 2 N–H and O–H groups in total. The third-order valence-electron chi connectivity index (χ3n) is 6.43. The van der Waals surface area contributed by atoms with Gasteiger partial charge in [-0.1, -0.05) is 19.3 Å².